The number of nitrogens with zero attached hydrogens (tertiary/aromatic N) is 6. The highest BCUT2D eigenvalue weighted by Gasteiger charge is 2.14. The van der Waals surface area contributed by atoms with Crippen LogP contribution in [0.4, 0.5) is 0 Å². The van der Waals surface area contributed by atoms with Gasteiger partial charge in [-0.15, -0.1) is 5.10 Å². The third-order valence-corrected chi connectivity index (χ3v) is 5.48. The zero-order valence-electron chi connectivity index (χ0n) is 19.3. The summed E-state index contributed by atoms with van der Waals surface area (Å²) < 4.78 is 1.79. The summed E-state index contributed by atoms with van der Waals surface area (Å²) in [5, 5.41) is 14.5. The number of aryl methyl sites for hydroxylation is 1. The molecule has 0 aliphatic carbocycles. The van der Waals surface area contributed by atoms with E-state index in [1.54, 1.807) is 10.6 Å². The number of hydrogen-bond donors (Lipinski definition) is 1. The van der Waals surface area contributed by atoms with Gasteiger partial charge >= 0.3 is 0 Å². The molecule has 0 saturated carbocycles. The number of aromatic nitrogens is 6. The van der Waals surface area contributed by atoms with Gasteiger partial charge in [0.1, 0.15) is 5.82 Å². The normalized spacial score (nSPS) is 11.3. The molecule has 8 heteroatoms. The number of hydrogen-bond acceptors (Lipinski definition) is 6. The summed E-state index contributed by atoms with van der Waals surface area (Å²) in [5.41, 5.74) is 4.76. The van der Waals surface area contributed by atoms with Crippen LogP contribution in [0, 0.1) is 0 Å². The number of aromatic amines is 1. The van der Waals surface area contributed by atoms with E-state index in [4.69, 9.17) is 4.98 Å². The predicted octanol–water partition coefficient (Wildman–Crippen LogP) is 3.54. The Balaban J connectivity index is 1.75. The molecule has 4 aromatic rings. The molecule has 0 bridgehead atoms. The number of benzene rings is 2. The van der Waals surface area contributed by atoms with Gasteiger partial charge in [0.2, 0.25) is 0 Å². The van der Waals surface area contributed by atoms with E-state index in [0.29, 0.717) is 18.9 Å². The van der Waals surface area contributed by atoms with E-state index < -0.39 is 0 Å². The van der Waals surface area contributed by atoms with Crippen molar-refractivity contribution in [1.29, 1.82) is 0 Å². The molecular formula is C25H29N7O. The second-order valence-electron chi connectivity index (χ2n) is 8.43. The molecule has 1 N–H and O–H groups in total. The maximum Gasteiger partial charge on any atom is 0.254 e. The summed E-state index contributed by atoms with van der Waals surface area (Å²) in [4.78, 5) is 19.9. The Morgan fingerprint density at radius 1 is 1.03 bits per heavy atom. The molecule has 0 fully saturated rings. The van der Waals surface area contributed by atoms with Crippen molar-refractivity contribution in [1.82, 2.24) is 35.1 Å². The molecule has 2 aromatic carbocycles. The zero-order valence-corrected chi connectivity index (χ0v) is 19.3. The predicted molar refractivity (Wildman–Crippen MR) is 129 cm³/mol. The van der Waals surface area contributed by atoms with E-state index in [0.717, 1.165) is 53.0 Å². The van der Waals surface area contributed by atoms with Gasteiger partial charge in [-0.25, -0.2) is 10.1 Å². The lowest BCUT2D eigenvalue weighted by molar-refractivity contribution is 0.394. The Morgan fingerprint density at radius 2 is 1.85 bits per heavy atom. The van der Waals surface area contributed by atoms with Crippen LogP contribution in [0.1, 0.15) is 36.8 Å². The van der Waals surface area contributed by atoms with Crippen molar-refractivity contribution in [3.63, 3.8) is 0 Å². The highest BCUT2D eigenvalue weighted by atomic mass is 16.1. The highest BCUT2D eigenvalue weighted by Crippen LogP contribution is 2.31. The van der Waals surface area contributed by atoms with Crippen LogP contribution in [0.3, 0.4) is 0 Å². The van der Waals surface area contributed by atoms with Crippen LogP contribution in [0.15, 0.2) is 59.4 Å². The van der Waals surface area contributed by atoms with Crippen molar-refractivity contribution >= 4 is 0 Å². The van der Waals surface area contributed by atoms with Crippen LogP contribution in [-0.4, -0.2) is 49.2 Å². The molecule has 0 aliphatic heterocycles. The molecule has 0 amide bonds. The summed E-state index contributed by atoms with van der Waals surface area (Å²) in [7, 11) is 3.96. The van der Waals surface area contributed by atoms with Crippen molar-refractivity contribution in [3.8, 4) is 22.5 Å². The van der Waals surface area contributed by atoms with Crippen molar-refractivity contribution in [3.05, 3.63) is 82.0 Å². The number of rotatable bonds is 9. The third kappa shape index (κ3) is 5.40. The van der Waals surface area contributed by atoms with E-state index in [1.165, 1.54) is 0 Å². The minimum atomic E-state index is -0.0250. The van der Waals surface area contributed by atoms with Crippen molar-refractivity contribution in [2.45, 2.75) is 39.3 Å². The molecule has 0 atom stereocenters. The first kappa shape index (κ1) is 22.5. The van der Waals surface area contributed by atoms with E-state index in [2.05, 4.69) is 51.8 Å². The number of tetrazole rings is 1. The fraction of sp³-hybridized carbons (Fsp3) is 0.320. The fourth-order valence-electron chi connectivity index (χ4n) is 3.92. The summed E-state index contributed by atoms with van der Waals surface area (Å²) in [6.45, 7) is 3.23. The quantitative estimate of drug-likeness (QED) is 0.425. The van der Waals surface area contributed by atoms with Gasteiger partial charge in [0.15, 0.2) is 5.82 Å². The van der Waals surface area contributed by atoms with E-state index in [1.807, 2.05) is 43.3 Å². The second-order valence-corrected chi connectivity index (χ2v) is 8.43. The Labute approximate surface area is 193 Å². The summed E-state index contributed by atoms with van der Waals surface area (Å²) >= 11 is 0. The van der Waals surface area contributed by atoms with Crippen LogP contribution < -0.4 is 5.56 Å². The minimum Gasteiger partial charge on any atom is -0.304 e. The molecule has 2 aromatic heterocycles. The Hall–Kier alpha value is -3.65. The molecule has 0 unspecified atom stereocenters. The Kier molecular flexibility index (Phi) is 7.04. The lowest BCUT2D eigenvalue weighted by atomic mass is 9.97. The zero-order chi connectivity index (χ0) is 23.2. The number of nitrogens with one attached hydrogen (secondary N) is 1. The molecule has 0 saturated heterocycles. The smallest absolute Gasteiger partial charge is 0.254 e. The molecule has 0 aliphatic rings. The topological polar surface area (TPSA) is 92.6 Å². The first-order chi connectivity index (χ1) is 16.0. The number of H-pyrrole nitrogens is 1. The van der Waals surface area contributed by atoms with Crippen LogP contribution >= 0.6 is 0 Å². The van der Waals surface area contributed by atoms with Gasteiger partial charge in [-0.3, -0.25) is 9.36 Å². The Bertz CT molecular complexity index is 1250. The van der Waals surface area contributed by atoms with Gasteiger partial charge in [0.25, 0.3) is 5.56 Å². The lowest BCUT2D eigenvalue weighted by Crippen LogP contribution is -2.27. The molecule has 33 heavy (non-hydrogen) atoms. The molecule has 0 radical (unpaired) electrons. The molecule has 4 rings (SSSR count). The lowest BCUT2D eigenvalue weighted by Gasteiger charge is -2.16. The number of unbranched alkanes of at least 4 members (excludes halogenated alkanes) is 1. The fourth-order valence-corrected chi connectivity index (χ4v) is 3.92. The van der Waals surface area contributed by atoms with Gasteiger partial charge in [-0.1, -0.05) is 55.8 Å². The van der Waals surface area contributed by atoms with Gasteiger partial charge in [-0.05, 0) is 53.7 Å². The molecule has 2 heterocycles. The van der Waals surface area contributed by atoms with Crippen LogP contribution in [-0.2, 0) is 19.5 Å². The molecular weight excluding hydrogens is 414 g/mol. The van der Waals surface area contributed by atoms with Crippen molar-refractivity contribution in [2.24, 2.45) is 0 Å². The monoisotopic (exact) mass is 443 g/mol. The molecule has 0 spiro atoms. The average molecular weight is 444 g/mol. The molecule has 8 nitrogen and oxygen atoms in total. The van der Waals surface area contributed by atoms with Gasteiger partial charge in [0, 0.05) is 24.6 Å². The largest absolute Gasteiger partial charge is 0.304 e. The second kappa shape index (κ2) is 10.3. The maximum absolute atomic E-state index is 13.1. The van der Waals surface area contributed by atoms with E-state index in [9.17, 15) is 4.79 Å². The summed E-state index contributed by atoms with van der Waals surface area (Å²) in [6.07, 6.45) is 2.80. The Morgan fingerprint density at radius 3 is 2.55 bits per heavy atom. The van der Waals surface area contributed by atoms with Crippen LogP contribution in [0.25, 0.3) is 22.5 Å². The average Bonchev–Trinajstić information content (AvgIpc) is 3.35. The van der Waals surface area contributed by atoms with E-state index in [-0.39, 0.29) is 5.56 Å². The molecule has 170 valence electrons. The highest BCUT2D eigenvalue weighted by molar-refractivity contribution is 5.80. The summed E-state index contributed by atoms with van der Waals surface area (Å²) in [6, 6.07) is 17.9. The maximum atomic E-state index is 13.1. The van der Waals surface area contributed by atoms with E-state index >= 15 is 0 Å². The first-order valence-electron chi connectivity index (χ1n) is 11.2. The summed E-state index contributed by atoms with van der Waals surface area (Å²) in [5.74, 6) is 1.42. The van der Waals surface area contributed by atoms with Crippen LogP contribution in [0.5, 0.6) is 0 Å². The van der Waals surface area contributed by atoms with Gasteiger partial charge in [0.05, 0.1) is 12.2 Å². The first-order valence-corrected chi connectivity index (χ1v) is 11.2. The minimum absolute atomic E-state index is 0.0250. The van der Waals surface area contributed by atoms with Crippen LogP contribution in [0.2, 0.25) is 0 Å². The van der Waals surface area contributed by atoms with Crippen molar-refractivity contribution in [2.75, 3.05) is 14.1 Å². The van der Waals surface area contributed by atoms with Gasteiger partial charge < -0.3 is 4.90 Å². The third-order valence-electron chi connectivity index (χ3n) is 5.48. The van der Waals surface area contributed by atoms with Gasteiger partial charge in [-0.2, -0.15) is 0 Å². The van der Waals surface area contributed by atoms with Crippen molar-refractivity contribution < 1.29 is 0 Å². The SMILES string of the molecule is CCCCc1nc(CN(C)C)cc(=O)n1Cc1ccc(-c2ccccc2)c(-c2nnn[nH]2)c1. The standard InChI is InChI=1S/C25H29N7O/c1-4-5-11-23-26-20(17-31(2)3)15-24(33)32(23)16-18-12-13-21(19-9-7-6-8-10-19)22(14-18)25-27-29-30-28-25/h6-10,12-15H,4-5,11,16-17H2,1-3H3,(H,27,28,29,30).